The Hall–Kier alpha value is -2.57. The van der Waals surface area contributed by atoms with Crippen molar-refractivity contribution in [3.8, 4) is 0 Å². The summed E-state index contributed by atoms with van der Waals surface area (Å²) in [5.41, 5.74) is 3.54. The summed E-state index contributed by atoms with van der Waals surface area (Å²) in [5, 5.41) is 5.93. The van der Waals surface area contributed by atoms with Gasteiger partial charge in [-0.15, -0.1) is 0 Å². The predicted octanol–water partition coefficient (Wildman–Crippen LogP) is 7.05. The van der Waals surface area contributed by atoms with Crippen LogP contribution in [-0.2, 0) is 6.18 Å². The highest BCUT2D eigenvalue weighted by Gasteiger charge is 2.33. The van der Waals surface area contributed by atoms with Gasteiger partial charge in [-0.05, 0) is 61.0 Å². The summed E-state index contributed by atoms with van der Waals surface area (Å²) in [5.74, 6) is 0. The molecule has 2 nitrogen and oxygen atoms in total. The summed E-state index contributed by atoms with van der Waals surface area (Å²) >= 11 is 11.1. The standard InChI is InChI=1S/C23H20ClF3N2S/c1-14-8-10-18(15(2)12-14)21(16-6-4-3-5-7-16)29-22(30)28-17-9-11-20(24)19(13-17)23(25,26)27/h3-13,21H,1-2H3,(H2,28,29,30). The topological polar surface area (TPSA) is 24.1 Å². The average molecular weight is 449 g/mol. The van der Waals surface area contributed by atoms with E-state index < -0.39 is 11.7 Å². The van der Waals surface area contributed by atoms with Crippen LogP contribution in [0.15, 0.2) is 66.7 Å². The number of anilines is 1. The van der Waals surface area contributed by atoms with Crippen molar-refractivity contribution in [1.29, 1.82) is 0 Å². The average Bonchev–Trinajstić information content (AvgIpc) is 2.68. The molecular formula is C23H20ClF3N2S. The number of thiocarbonyl (C=S) groups is 1. The molecule has 7 heteroatoms. The number of benzene rings is 3. The first-order valence-corrected chi connectivity index (χ1v) is 10.00. The van der Waals surface area contributed by atoms with Crippen LogP contribution < -0.4 is 10.6 Å². The van der Waals surface area contributed by atoms with Crippen molar-refractivity contribution in [2.24, 2.45) is 0 Å². The summed E-state index contributed by atoms with van der Waals surface area (Å²) in [7, 11) is 0. The van der Waals surface area contributed by atoms with Gasteiger partial charge >= 0.3 is 6.18 Å². The Morgan fingerprint density at radius 2 is 1.67 bits per heavy atom. The fourth-order valence-electron chi connectivity index (χ4n) is 3.25. The molecule has 0 saturated heterocycles. The first-order valence-electron chi connectivity index (χ1n) is 9.21. The number of hydrogen-bond acceptors (Lipinski definition) is 1. The SMILES string of the molecule is Cc1ccc(C(NC(=S)Nc2ccc(Cl)c(C(F)(F)F)c2)c2ccccc2)c(C)c1. The molecule has 1 unspecified atom stereocenters. The van der Waals surface area contributed by atoms with E-state index >= 15 is 0 Å². The molecule has 0 fully saturated rings. The Morgan fingerprint density at radius 1 is 0.967 bits per heavy atom. The third-order valence-electron chi connectivity index (χ3n) is 4.67. The van der Waals surface area contributed by atoms with Crippen molar-refractivity contribution >= 4 is 34.6 Å². The van der Waals surface area contributed by atoms with E-state index in [1.165, 1.54) is 12.1 Å². The van der Waals surface area contributed by atoms with E-state index in [1.54, 1.807) is 0 Å². The van der Waals surface area contributed by atoms with E-state index in [1.807, 2.05) is 56.3 Å². The van der Waals surface area contributed by atoms with Gasteiger partial charge in [-0.2, -0.15) is 13.2 Å². The number of rotatable bonds is 4. The highest BCUT2D eigenvalue weighted by Crippen LogP contribution is 2.36. The molecule has 0 heterocycles. The van der Waals surface area contributed by atoms with Crippen LogP contribution in [0, 0.1) is 13.8 Å². The van der Waals surface area contributed by atoms with E-state index in [0.29, 0.717) is 0 Å². The molecule has 30 heavy (non-hydrogen) atoms. The van der Waals surface area contributed by atoms with Crippen molar-refractivity contribution in [3.05, 3.63) is 99.6 Å². The number of hydrogen-bond donors (Lipinski definition) is 2. The summed E-state index contributed by atoms with van der Waals surface area (Å²) in [4.78, 5) is 0. The van der Waals surface area contributed by atoms with Gasteiger partial charge in [0.15, 0.2) is 5.11 Å². The van der Waals surface area contributed by atoms with Crippen LogP contribution in [-0.4, -0.2) is 5.11 Å². The number of nitrogens with one attached hydrogen (secondary N) is 2. The maximum absolute atomic E-state index is 13.1. The minimum atomic E-state index is -4.55. The minimum Gasteiger partial charge on any atom is -0.352 e. The van der Waals surface area contributed by atoms with Gasteiger partial charge in [-0.1, -0.05) is 65.7 Å². The smallest absolute Gasteiger partial charge is 0.352 e. The van der Waals surface area contributed by atoms with Gasteiger partial charge in [0.25, 0.3) is 0 Å². The molecule has 3 aromatic carbocycles. The van der Waals surface area contributed by atoms with Crippen LogP contribution in [0.4, 0.5) is 18.9 Å². The fraction of sp³-hybridized carbons (Fsp3) is 0.174. The Bertz CT molecular complexity index is 1050. The highest BCUT2D eigenvalue weighted by atomic mass is 35.5. The molecule has 156 valence electrons. The predicted molar refractivity (Wildman–Crippen MR) is 120 cm³/mol. The minimum absolute atomic E-state index is 0.205. The quantitative estimate of drug-likeness (QED) is 0.418. The van der Waals surface area contributed by atoms with Gasteiger partial charge in [0.2, 0.25) is 0 Å². The molecule has 0 saturated carbocycles. The second kappa shape index (κ2) is 9.06. The molecule has 0 aromatic heterocycles. The molecular weight excluding hydrogens is 429 g/mol. The maximum Gasteiger partial charge on any atom is 0.417 e. The van der Waals surface area contributed by atoms with Crippen LogP contribution in [0.25, 0.3) is 0 Å². The normalized spacial score (nSPS) is 12.3. The van der Waals surface area contributed by atoms with E-state index in [0.717, 1.165) is 28.3 Å². The third kappa shape index (κ3) is 5.32. The van der Waals surface area contributed by atoms with Gasteiger partial charge in [0, 0.05) is 5.69 Å². The van der Waals surface area contributed by atoms with Crippen molar-refractivity contribution < 1.29 is 13.2 Å². The van der Waals surface area contributed by atoms with Crippen LogP contribution in [0.1, 0.15) is 33.9 Å². The van der Waals surface area contributed by atoms with Crippen molar-refractivity contribution in [3.63, 3.8) is 0 Å². The van der Waals surface area contributed by atoms with Crippen molar-refractivity contribution in [2.75, 3.05) is 5.32 Å². The maximum atomic E-state index is 13.1. The molecule has 0 aliphatic carbocycles. The molecule has 1 atom stereocenters. The van der Waals surface area contributed by atoms with Crippen LogP contribution >= 0.6 is 23.8 Å². The van der Waals surface area contributed by atoms with Gasteiger partial charge in [0.05, 0.1) is 16.6 Å². The molecule has 0 bridgehead atoms. The van der Waals surface area contributed by atoms with Crippen molar-refractivity contribution in [2.45, 2.75) is 26.1 Å². The zero-order valence-electron chi connectivity index (χ0n) is 16.3. The first kappa shape index (κ1) is 22.1. The zero-order valence-corrected chi connectivity index (χ0v) is 17.9. The first-order chi connectivity index (χ1) is 14.1. The Morgan fingerprint density at radius 3 is 2.30 bits per heavy atom. The molecule has 0 radical (unpaired) electrons. The molecule has 0 aliphatic rings. The van der Waals surface area contributed by atoms with Gasteiger partial charge in [0.1, 0.15) is 0 Å². The van der Waals surface area contributed by atoms with Crippen LogP contribution in [0.2, 0.25) is 5.02 Å². The molecule has 3 rings (SSSR count). The van der Waals surface area contributed by atoms with E-state index in [-0.39, 0.29) is 21.9 Å². The lowest BCUT2D eigenvalue weighted by atomic mass is 9.94. The van der Waals surface area contributed by atoms with E-state index in [9.17, 15) is 13.2 Å². The molecule has 0 aliphatic heterocycles. The monoisotopic (exact) mass is 448 g/mol. The van der Waals surface area contributed by atoms with Gasteiger partial charge in [-0.3, -0.25) is 0 Å². The lowest BCUT2D eigenvalue weighted by Crippen LogP contribution is -2.33. The summed E-state index contributed by atoms with van der Waals surface area (Å²) < 4.78 is 39.4. The number of alkyl halides is 3. The molecule has 3 aromatic rings. The second-order valence-electron chi connectivity index (χ2n) is 6.99. The highest BCUT2D eigenvalue weighted by molar-refractivity contribution is 7.80. The second-order valence-corrected chi connectivity index (χ2v) is 7.81. The van der Waals surface area contributed by atoms with Gasteiger partial charge in [-0.25, -0.2) is 0 Å². The summed E-state index contributed by atoms with van der Waals surface area (Å²) in [6, 6.07) is 19.2. The summed E-state index contributed by atoms with van der Waals surface area (Å²) in [6.45, 7) is 4.04. The van der Waals surface area contributed by atoms with Crippen LogP contribution in [0.5, 0.6) is 0 Å². The largest absolute Gasteiger partial charge is 0.417 e. The zero-order chi connectivity index (χ0) is 21.9. The lowest BCUT2D eigenvalue weighted by Gasteiger charge is -2.24. The number of halogens is 4. The summed E-state index contributed by atoms with van der Waals surface area (Å²) in [6.07, 6.45) is -4.55. The van der Waals surface area contributed by atoms with E-state index in [2.05, 4.69) is 16.7 Å². The Labute approximate surface area is 184 Å². The molecule has 0 spiro atoms. The van der Waals surface area contributed by atoms with Crippen molar-refractivity contribution in [1.82, 2.24) is 5.32 Å². The number of aryl methyl sites for hydroxylation is 2. The molecule has 0 amide bonds. The Balaban J connectivity index is 1.88. The lowest BCUT2D eigenvalue weighted by molar-refractivity contribution is -0.137. The van der Waals surface area contributed by atoms with Crippen LogP contribution in [0.3, 0.4) is 0 Å². The fourth-order valence-corrected chi connectivity index (χ4v) is 3.71. The van der Waals surface area contributed by atoms with Gasteiger partial charge < -0.3 is 10.6 Å². The van der Waals surface area contributed by atoms with E-state index in [4.69, 9.17) is 23.8 Å². The third-order valence-corrected chi connectivity index (χ3v) is 5.22. The Kier molecular flexibility index (Phi) is 6.68. The molecule has 2 N–H and O–H groups in total.